The van der Waals surface area contributed by atoms with E-state index in [0.29, 0.717) is 14.9 Å². The molecule has 2 aromatic rings. The first-order valence-electron chi connectivity index (χ1n) is 8.40. The first kappa shape index (κ1) is 20.5. The van der Waals surface area contributed by atoms with Crippen LogP contribution < -0.4 is 5.32 Å². The molecule has 2 amide bonds. The number of benzene rings is 2. The zero-order valence-corrected chi connectivity index (χ0v) is 17.3. The predicted molar refractivity (Wildman–Crippen MR) is 116 cm³/mol. The number of thiocarbonyl (C=S) groups is 1. The highest BCUT2D eigenvalue weighted by Crippen LogP contribution is 2.32. The topological polar surface area (TPSA) is 49.4 Å². The monoisotopic (exact) mass is 434 g/mol. The third-order valence-corrected chi connectivity index (χ3v) is 5.68. The number of carbonyl (C=O) groups excluding carboxylic acids is 2. The summed E-state index contributed by atoms with van der Waals surface area (Å²) in [5, 5.41) is 2.55. The Hall–Kier alpha value is -2.22. The Morgan fingerprint density at radius 2 is 2.00 bits per heavy atom. The fourth-order valence-electron chi connectivity index (χ4n) is 2.52. The quantitative estimate of drug-likeness (QED) is 0.530. The number of halogens is 2. The highest BCUT2D eigenvalue weighted by Gasteiger charge is 2.32. The van der Waals surface area contributed by atoms with Gasteiger partial charge in [0.05, 0.1) is 9.93 Å². The molecular weight excluding hydrogens is 419 g/mol. The predicted octanol–water partition coefficient (Wildman–Crippen LogP) is 5.02. The molecule has 0 spiro atoms. The van der Waals surface area contributed by atoms with E-state index in [1.807, 2.05) is 31.2 Å². The summed E-state index contributed by atoms with van der Waals surface area (Å²) >= 11 is 12.2. The van der Waals surface area contributed by atoms with E-state index >= 15 is 0 Å². The van der Waals surface area contributed by atoms with Crippen molar-refractivity contribution >= 4 is 63.5 Å². The summed E-state index contributed by atoms with van der Waals surface area (Å²) < 4.78 is 13.6. The van der Waals surface area contributed by atoms with Crippen molar-refractivity contribution in [3.05, 3.63) is 69.3 Å². The second-order valence-corrected chi connectivity index (χ2v) is 8.25. The number of rotatable bonds is 5. The van der Waals surface area contributed by atoms with Crippen molar-refractivity contribution in [3.63, 3.8) is 0 Å². The molecule has 1 N–H and O–H groups in total. The largest absolute Gasteiger partial charge is 0.326 e. The van der Waals surface area contributed by atoms with Gasteiger partial charge >= 0.3 is 0 Å². The Bertz CT molecular complexity index is 977. The minimum Gasteiger partial charge on any atom is -0.326 e. The summed E-state index contributed by atoms with van der Waals surface area (Å²) in [5.74, 6) is -1.09. The van der Waals surface area contributed by atoms with Crippen LogP contribution in [-0.2, 0) is 9.59 Å². The normalized spacial score (nSPS) is 15.4. The molecule has 1 aliphatic rings. The van der Waals surface area contributed by atoms with Crippen LogP contribution in [0.4, 0.5) is 10.1 Å². The molecule has 28 heavy (non-hydrogen) atoms. The smallest absolute Gasteiger partial charge is 0.266 e. The van der Waals surface area contributed by atoms with Crippen LogP contribution in [0.25, 0.3) is 6.08 Å². The lowest BCUT2D eigenvalue weighted by molar-refractivity contribution is -0.122. The number of thioether (sulfide) groups is 1. The van der Waals surface area contributed by atoms with Gasteiger partial charge in [-0.1, -0.05) is 65.4 Å². The molecule has 0 atom stereocenters. The molecule has 0 saturated carbocycles. The van der Waals surface area contributed by atoms with Crippen LogP contribution in [0.5, 0.6) is 0 Å². The number of hydrogen-bond donors (Lipinski definition) is 1. The summed E-state index contributed by atoms with van der Waals surface area (Å²) in [4.78, 5) is 26.7. The fourth-order valence-corrected chi connectivity index (χ4v) is 4.01. The molecule has 0 aliphatic carbocycles. The van der Waals surface area contributed by atoms with Gasteiger partial charge in [-0.05, 0) is 36.8 Å². The second kappa shape index (κ2) is 8.86. The van der Waals surface area contributed by atoms with Gasteiger partial charge < -0.3 is 5.32 Å². The fraction of sp³-hybridized carbons (Fsp3) is 0.150. The summed E-state index contributed by atoms with van der Waals surface area (Å²) in [7, 11) is 0. The lowest BCUT2D eigenvalue weighted by atomic mass is 10.1. The SMILES string of the molecule is Cc1ccc(/C=C2\SC(=S)N(CCC(=O)Nc3ccc(F)c(Cl)c3)C2=O)cc1. The van der Waals surface area contributed by atoms with E-state index in [4.69, 9.17) is 23.8 Å². The van der Waals surface area contributed by atoms with Crippen LogP contribution in [0.1, 0.15) is 17.5 Å². The minimum absolute atomic E-state index is 0.0548. The van der Waals surface area contributed by atoms with Crippen molar-refractivity contribution < 1.29 is 14.0 Å². The molecule has 8 heteroatoms. The molecule has 2 aromatic carbocycles. The standard InChI is InChI=1S/C20H16ClFN2O2S2/c1-12-2-4-13(5-3-12)10-17-19(26)24(20(27)28-17)9-8-18(25)23-14-6-7-16(22)15(21)11-14/h2-7,10-11H,8-9H2,1H3,(H,23,25)/b17-10-. The van der Waals surface area contributed by atoms with Crippen molar-refractivity contribution in [1.82, 2.24) is 4.90 Å². The van der Waals surface area contributed by atoms with Crippen molar-refractivity contribution in [2.75, 3.05) is 11.9 Å². The molecule has 1 fully saturated rings. The van der Waals surface area contributed by atoms with Gasteiger partial charge in [-0.2, -0.15) is 0 Å². The number of nitrogens with zero attached hydrogens (tertiary/aromatic N) is 1. The van der Waals surface area contributed by atoms with E-state index in [9.17, 15) is 14.0 Å². The summed E-state index contributed by atoms with van der Waals surface area (Å²) in [5.41, 5.74) is 2.44. The molecule has 4 nitrogen and oxygen atoms in total. The van der Waals surface area contributed by atoms with E-state index in [2.05, 4.69) is 5.32 Å². The molecule has 3 rings (SSSR count). The number of hydrogen-bond acceptors (Lipinski definition) is 4. The van der Waals surface area contributed by atoms with Gasteiger partial charge in [-0.15, -0.1) is 0 Å². The van der Waals surface area contributed by atoms with Gasteiger partial charge in [0, 0.05) is 18.7 Å². The van der Waals surface area contributed by atoms with Crippen LogP contribution in [0, 0.1) is 12.7 Å². The number of anilines is 1. The molecule has 1 heterocycles. The van der Waals surface area contributed by atoms with Gasteiger partial charge in [0.15, 0.2) is 0 Å². The Labute approximate surface area is 176 Å². The van der Waals surface area contributed by atoms with Gasteiger partial charge in [0.1, 0.15) is 10.1 Å². The highest BCUT2D eigenvalue weighted by atomic mass is 35.5. The highest BCUT2D eigenvalue weighted by molar-refractivity contribution is 8.26. The van der Waals surface area contributed by atoms with E-state index in [0.717, 1.165) is 11.1 Å². The minimum atomic E-state index is -0.558. The average Bonchev–Trinajstić information content (AvgIpc) is 2.91. The van der Waals surface area contributed by atoms with Crippen molar-refractivity contribution in [1.29, 1.82) is 0 Å². The van der Waals surface area contributed by atoms with Crippen molar-refractivity contribution in [3.8, 4) is 0 Å². The summed E-state index contributed by atoms with van der Waals surface area (Å²) in [6, 6.07) is 11.7. The zero-order chi connectivity index (χ0) is 20.3. The molecule has 1 aliphatic heterocycles. The van der Waals surface area contributed by atoms with E-state index in [1.54, 1.807) is 6.08 Å². The molecule has 1 saturated heterocycles. The molecule has 0 bridgehead atoms. The van der Waals surface area contributed by atoms with Gasteiger partial charge in [-0.3, -0.25) is 14.5 Å². The zero-order valence-electron chi connectivity index (χ0n) is 14.9. The lowest BCUT2D eigenvalue weighted by Gasteiger charge is -2.14. The maximum absolute atomic E-state index is 13.2. The van der Waals surface area contributed by atoms with Crippen LogP contribution in [0.2, 0.25) is 5.02 Å². The van der Waals surface area contributed by atoms with Crippen LogP contribution in [0.3, 0.4) is 0 Å². The Morgan fingerprint density at radius 1 is 1.29 bits per heavy atom. The lowest BCUT2D eigenvalue weighted by Crippen LogP contribution is -2.31. The average molecular weight is 435 g/mol. The van der Waals surface area contributed by atoms with E-state index in [-0.39, 0.29) is 29.8 Å². The Balaban J connectivity index is 1.60. The maximum atomic E-state index is 13.2. The molecule has 0 aromatic heterocycles. The number of nitrogens with one attached hydrogen (secondary N) is 1. The number of aryl methyl sites for hydroxylation is 1. The first-order valence-corrected chi connectivity index (χ1v) is 10.0. The Kier molecular flexibility index (Phi) is 6.49. The third-order valence-electron chi connectivity index (χ3n) is 4.01. The third kappa shape index (κ3) is 4.98. The molecule has 0 radical (unpaired) electrons. The van der Waals surface area contributed by atoms with E-state index < -0.39 is 5.82 Å². The molecule has 144 valence electrons. The van der Waals surface area contributed by atoms with Crippen LogP contribution in [-0.4, -0.2) is 27.6 Å². The Morgan fingerprint density at radius 3 is 2.68 bits per heavy atom. The summed E-state index contributed by atoms with van der Waals surface area (Å²) in [6.07, 6.45) is 1.85. The first-order chi connectivity index (χ1) is 13.3. The maximum Gasteiger partial charge on any atom is 0.266 e. The van der Waals surface area contributed by atoms with Crippen LogP contribution >= 0.6 is 35.6 Å². The van der Waals surface area contributed by atoms with Gasteiger partial charge in [0.2, 0.25) is 5.91 Å². The van der Waals surface area contributed by atoms with Crippen molar-refractivity contribution in [2.45, 2.75) is 13.3 Å². The molecular formula is C20H16ClFN2O2S2. The van der Waals surface area contributed by atoms with Gasteiger partial charge in [0.25, 0.3) is 5.91 Å². The van der Waals surface area contributed by atoms with Gasteiger partial charge in [-0.25, -0.2) is 4.39 Å². The number of carbonyl (C=O) groups is 2. The number of amides is 2. The van der Waals surface area contributed by atoms with Crippen molar-refractivity contribution in [2.24, 2.45) is 0 Å². The summed E-state index contributed by atoms with van der Waals surface area (Å²) in [6.45, 7) is 2.16. The molecule has 0 unspecified atom stereocenters. The van der Waals surface area contributed by atoms with Crippen LogP contribution in [0.15, 0.2) is 47.4 Å². The van der Waals surface area contributed by atoms with E-state index in [1.165, 1.54) is 34.9 Å². The second-order valence-electron chi connectivity index (χ2n) is 6.17.